The van der Waals surface area contributed by atoms with E-state index >= 15 is 0 Å². The van der Waals surface area contributed by atoms with E-state index in [0.29, 0.717) is 12.0 Å². The molecule has 0 spiro atoms. The maximum atomic E-state index is 13.2. The Kier molecular flexibility index (Phi) is 6.41. The van der Waals surface area contributed by atoms with Crippen LogP contribution in [0.15, 0.2) is 65.1 Å². The van der Waals surface area contributed by atoms with Gasteiger partial charge in [-0.2, -0.15) is 26.3 Å². The Hall–Kier alpha value is -2.82. The van der Waals surface area contributed by atoms with E-state index in [1.165, 1.54) is 18.2 Å². The van der Waals surface area contributed by atoms with Crippen molar-refractivity contribution in [3.05, 3.63) is 71.3 Å². The number of hydrogen-bond acceptors (Lipinski definition) is 3. The Morgan fingerprint density at radius 2 is 1.56 bits per heavy atom. The zero-order chi connectivity index (χ0) is 23.7. The summed E-state index contributed by atoms with van der Waals surface area (Å²) in [5, 5.41) is 2.46. The van der Waals surface area contributed by atoms with Crippen LogP contribution in [0.3, 0.4) is 0 Å². The number of anilines is 1. The molecular formula is C21H17F6NO3S. The lowest BCUT2D eigenvalue weighted by Crippen LogP contribution is -2.23. The molecule has 0 saturated heterocycles. The Morgan fingerprint density at radius 3 is 2.09 bits per heavy atom. The molecule has 0 aliphatic heterocycles. The van der Waals surface area contributed by atoms with E-state index in [4.69, 9.17) is 0 Å². The number of alkyl halides is 6. The van der Waals surface area contributed by atoms with Crippen molar-refractivity contribution in [3.8, 4) is 0 Å². The fourth-order valence-electron chi connectivity index (χ4n) is 3.50. The molecule has 0 radical (unpaired) electrons. The van der Waals surface area contributed by atoms with E-state index in [9.17, 15) is 39.6 Å². The van der Waals surface area contributed by atoms with Crippen LogP contribution in [0.2, 0.25) is 0 Å². The molecule has 1 aliphatic carbocycles. The van der Waals surface area contributed by atoms with Crippen molar-refractivity contribution in [1.29, 1.82) is 0 Å². The fourth-order valence-corrected chi connectivity index (χ4v) is 4.26. The number of rotatable bonds is 4. The number of sulfone groups is 1. The summed E-state index contributed by atoms with van der Waals surface area (Å²) in [5.41, 5.74) is -5.57. The molecule has 1 atom stereocenters. The number of carbonyl (C=O) groups is 1. The van der Waals surface area contributed by atoms with Gasteiger partial charge in [0.2, 0.25) is 0 Å². The molecule has 0 heterocycles. The van der Waals surface area contributed by atoms with Crippen molar-refractivity contribution in [2.45, 2.75) is 41.8 Å². The molecule has 1 unspecified atom stereocenters. The second kappa shape index (κ2) is 8.61. The minimum atomic E-state index is -5.49. The van der Waals surface area contributed by atoms with E-state index in [1.807, 2.05) is 0 Å². The van der Waals surface area contributed by atoms with Gasteiger partial charge in [-0.25, -0.2) is 8.42 Å². The van der Waals surface area contributed by atoms with E-state index < -0.39 is 43.8 Å². The van der Waals surface area contributed by atoms with E-state index in [0.717, 1.165) is 30.3 Å². The molecular weight excluding hydrogens is 460 g/mol. The van der Waals surface area contributed by atoms with Gasteiger partial charge in [0, 0.05) is 11.3 Å². The highest BCUT2D eigenvalue weighted by atomic mass is 32.2. The van der Waals surface area contributed by atoms with Gasteiger partial charge in [-0.15, -0.1) is 0 Å². The Bertz CT molecular complexity index is 1140. The van der Waals surface area contributed by atoms with Gasteiger partial charge in [0.25, 0.3) is 15.7 Å². The second-order valence-electron chi connectivity index (χ2n) is 7.21. The Balaban J connectivity index is 1.69. The molecule has 1 aliphatic rings. The lowest BCUT2D eigenvalue weighted by atomic mass is 9.82. The number of carbonyl (C=O) groups excluding carboxylic acids is 1. The Labute approximate surface area is 179 Å². The van der Waals surface area contributed by atoms with Crippen LogP contribution >= 0.6 is 0 Å². The van der Waals surface area contributed by atoms with Crippen LogP contribution in [-0.4, -0.2) is 19.8 Å². The van der Waals surface area contributed by atoms with Crippen molar-refractivity contribution < 1.29 is 39.6 Å². The smallest absolute Gasteiger partial charge is 0.322 e. The normalized spacial score (nSPS) is 17.6. The highest BCUT2D eigenvalue weighted by molar-refractivity contribution is 7.92. The molecule has 2 aromatic rings. The number of hydrogen-bond donors (Lipinski definition) is 1. The third-order valence-electron chi connectivity index (χ3n) is 5.14. The topological polar surface area (TPSA) is 63.2 Å². The highest BCUT2D eigenvalue weighted by Crippen LogP contribution is 2.40. The molecule has 172 valence electrons. The fraction of sp³-hybridized carbons (Fsp3) is 0.286. The molecule has 3 rings (SSSR count). The molecule has 0 saturated carbocycles. The summed E-state index contributed by atoms with van der Waals surface area (Å²) < 4.78 is 100. The van der Waals surface area contributed by atoms with Gasteiger partial charge < -0.3 is 5.32 Å². The predicted octanol–water partition coefficient (Wildman–Crippen LogP) is 5.83. The molecule has 32 heavy (non-hydrogen) atoms. The molecule has 0 aromatic heterocycles. The number of amides is 1. The van der Waals surface area contributed by atoms with Crippen LogP contribution < -0.4 is 5.32 Å². The molecule has 1 amide bonds. The summed E-state index contributed by atoms with van der Waals surface area (Å²) in [7, 11) is -5.49. The maximum absolute atomic E-state index is 13.2. The molecule has 0 bridgehead atoms. The van der Waals surface area contributed by atoms with Crippen LogP contribution in [-0.2, 0) is 20.8 Å². The van der Waals surface area contributed by atoms with Gasteiger partial charge in [-0.3, -0.25) is 4.79 Å². The summed E-state index contributed by atoms with van der Waals surface area (Å²) in [6, 6.07) is 8.81. The van der Waals surface area contributed by atoms with Crippen LogP contribution in [0.4, 0.5) is 32.0 Å². The van der Waals surface area contributed by atoms with Crippen LogP contribution in [0.1, 0.15) is 36.3 Å². The minimum absolute atomic E-state index is 0.0848. The van der Waals surface area contributed by atoms with Crippen LogP contribution in [0.25, 0.3) is 0 Å². The first-order valence-corrected chi connectivity index (χ1v) is 10.9. The zero-order valence-electron chi connectivity index (χ0n) is 16.3. The third-order valence-corrected chi connectivity index (χ3v) is 6.64. The second-order valence-corrected chi connectivity index (χ2v) is 9.15. The highest BCUT2D eigenvalue weighted by Gasteiger charge is 2.46. The van der Waals surface area contributed by atoms with Crippen molar-refractivity contribution >= 4 is 21.4 Å². The van der Waals surface area contributed by atoms with Gasteiger partial charge in [-0.1, -0.05) is 24.3 Å². The summed E-state index contributed by atoms with van der Waals surface area (Å²) in [5.74, 6) is -0.963. The molecule has 1 N–H and O–H groups in total. The van der Waals surface area contributed by atoms with Crippen LogP contribution in [0.5, 0.6) is 0 Å². The number of halogens is 6. The van der Waals surface area contributed by atoms with Crippen molar-refractivity contribution in [3.63, 3.8) is 0 Å². The lowest BCUT2D eigenvalue weighted by Gasteiger charge is -2.24. The first-order valence-electron chi connectivity index (χ1n) is 9.38. The average Bonchev–Trinajstić information content (AvgIpc) is 2.73. The van der Waals surface area contributed by atoms with Gasteiger partial charge in [0.05, 0.1) is 10.5 Å². The molecule has 11 heteroatoms. The summed E-state index contributed by atoms with van der Waals surface area (Å²) in [6.45, 7) is 0. The standard InChI is InChI=1S/C21H17F6NO3S/c22-20(23,24)18-4-2-1-3-17(18)13-5-7-14(8-6-13)19(29)28-15-9-11-16(12-10-15)32(30,31)21(25,26)27/h1-4,7,9-13H,5-6,8H2,(H,28,29). The first kappa shape index (κ1) is 23.8. The first-order chi connectivity index (χ1) is 14.8. The zero-order valence-corrected chi connectivity index (χ0v) is 17.1. The average molecular weight is 477 g/mol. The molecule has 0 fully saturated rings. The van der Waals surface area contributed by atoms with Crippen molar-refractivity contribution in [2.24, 2.45) is 0 Å². The van der Waals surface area contributed by atoms with E-state index in [1.54, 1.807) is 6.08 Å². The number of allylic oxidation sites excluding steroid dienone is 1. The summed E-state index contributed by atoms with van der Waals surface area (Å²) in [6.07, 6.45) is -2.19. The van der Waals surface area contributed by atoms with Gasteiger partial charge >= 0.3 is 11.7 Å². The SMILES string of the molecule is O=C(Nc1ccc(S(=O)(=O)C(F)(F)F)cc1)C1=CCC(c2ccccc2C(F)(F)F)CC1. The molecule has 2 aromatic carbocycles. The van der Waals surface area contributed by atoms with E-state index in [-0.39, 0.29) is 24.1 Å². The van der Waals surface area contributed by atoms with Gasteiger partial charge in [0.1, 0.15) is 0 Å². The molecule has 4 nitrogen and oxygen atoms in total. The third kappa shape index (κ3) is 4.98. The van der Waals surface area contributed by atoms with Crippen molar-refractivity contribution in [2.75, 3.05) is 5.32 Å². The number of nitrogens with one attached hydrogen (secondary N) is 1. The lowest BCUT2D eigenvalue weighted by molar-refractivity contribution is -0.138. The maximum Gasteiger partial charge on any atom is 0.501 e. The summed E-state index contributed by atoms with van der Waals surface area (Å²) in [4.78, 5) is 11.5. The van der Waals surface area contributed by atoms with Crippen LogP contribution in [0, 0.1) is 0 Å². The monoisotopic (exact) mass is 477 g/mol. The van der Waals surface area contributed by atoms with E-state index in [2.05, 4.69) is 5.32 Å². The minimum Gasteiger partial charge on any atom is -0.322 e. The van der Waals surface area contributed by atoms with Gasteiger partial charge in [0.15, 0.2) is 0 Å². The summed E-state index contributed by atoms with van der Waals surface area (Å²) >= 11 is 0. The Morgan fingerprint density at radius 1 is 0.938 bits per heavy atom. The quantitative estimate of drug-likeness (QED) is 0.564. The number of benzene rings is 2. The predicted molar refractivity (Wildman–Crippen MR) is 104 cm³/mol. The van der Waals surface area contributed by atoms with Crippen molar-refractivity contribution in [1.82, 2.24) is 0 Å². The van der Waals surface area contributed by atoms with Gasteiger partial charge in [-0.05, 0) is 61.1 Å². The largest absolute Gasteiger partial charge is 0.501 e.